The highest BCUT2D eigenvalue weighted by Gasteiger charge is 2.33. The van der Waals surface area contributed by atoms with Crippen LogP contribution in [0.2, 0.25) is 0 Å². The average Bonchev–Trinajstić information content (AvgIpc) is 3.57. The van der Waals surface area contributed by atoms with Crippen molar-refractivity contribution in [1.82, 2.24) is 9.97 Å². The smallest absolute Gasteiger partial charge is 0.432 e. The Hall–Kier alpha value is -4.91. The van der Waals surface area contributed by atoms with Gasteiger partial charge in [0.05, 0.1) is 11.9 Å². The highest BCUT2D eigenvalue weighted by atomic mass is 19.4. The molecule has 5 rings (SSSR count). The molecular weight excluding hydrogens is 487 g/mol. The number of amides is 1. The second-order valence-corrected chi connectivity index (χ2v) is 7.90. The molecule has 0 radical (unpaired) electrons. The van der Waals surface area contributed by atoms with E-state index in [1.54, 1.807) is 48.5 Å². The minimum absolute atomic E-state index is 0.0134. The van der Waals surface area contributed by atoms with Crippen molar-refractivity contribution in [2.75, 3.05) is 12.1 Å². The van der Waals surface area contributed by atoms with Crippen molar-refractivity contribution < 1.29 is 32.2 Å². The number of aromatic amines is 1. The van der Waals surface area contributed by atoms with Crippen molar-refractivity contribution >= 4 is 11.6 Å². The third kappa shape index (κ3) is 5.67. The number of anilines is 1. The van der Waals surface area contributed by atoms with Crippen LogP contribution in [0.25, 0.3) is 11.4 Å². The Morgan fingerprint density at radius 2 is 1.86 bits per heavy atom. The summed E-state index contributed by atoms with van der Waals surface area (Å²) in [7, 11) is 0. The van der Waals surface area contributed by atoms with Gasteiger partial charge in [-0.25, -0.2) is 4.98 Å². The van der Waals surface area contributed by atoms with Crippen LogP contribution in [0, 0.1) is 11.8 Å². The van der Waals surface area contributed by atoms with E-state index in [9.17, 15) is 18.0 Å². The Morgan fingerprint density at radius 3 is 2.65 bits per heavy atom. The first-order valence-electron chi connectivity index (χ1n) is 11.0. The van der Waals surface area contributed by atoms with Gasteiger partial charge in [0, 0.05) is 17.0 Å². The van der Waals surface area contributed by atoms with Gasteiger partial charge in [-0.15, -0.1) is 0 Å². The van der Waals surface area contributed by atoms with Gasteiger partial charge in [0.15, 0.2) is 11.5 Å². The number of fused-ring (bicyclic) bond motifs is 1. The molecule has 1 aliphatic rings. The van der Waals surface area contributed by atoms with Crippen LogP contribution >= 0.6 is 0 Å². The zero-order valence-corrected chi connectivity index (χ0v) is 19.1. The summed E-state index contributed by atoms with van der Waals surface area (Å²) < 4.78 is 55.7. The molecule has 2 heterocycles. The SMILES string of the molecule is O=C(C#Cc1ccccc1)Nc1cc(-c2ncc(C(F)(F)F)[nH]2)ccc1OCc1ccc2c(c1)OCO2. The first kappa shape index (κ1) is 23.8. The highest BCUT2D eigenvalue weighted by Crippen LogP contribution is 2.35. The second-order valence-electron chi connectivity index (χ2n) is 7.90. The van der Waals surface area contributed by atoms with Gasteiger partial charge in [0.25, 0.3) is 0 Å². The number of imidazole rings is 1. The topological polar surface area (TPSA) is 85.5 Å². The number of nitrogens with zero attached hydrogens (tertiary/aromatic N) is 1. The van der Waals surface area contributed by atoms with Gasteiger partial charge in [-0.1, -0.05) is 30.2 Å². The van der Waals surface area contributed by atoms with Crippen LogP contribution in [-0.4, -0.2) is 22.7 Å². The summed E-state index contributed by atoms with van der Waals surface area (Å²) in [5.74, 6) is 6.15. The number of ether oxygens (including phenoxy) is 3. The number of carbonyl (C=O) groups is 1. The maximum Gasteiger partial charge on any atom is 0.432 e. The van der Waals surface area contributed by atoms with Crippen molar-refractivity contribution in [1.29, 1.82) is 0 Å². The van der Waals surface area contributed by atoms with Gasteiger partial charge < -0.3 is 24.5 Å². The summed E-state index contributed by atoms with van der Waals surface area (Å²) in [6.45, 7) is 0.275. The molecule has 3 aromatic carbocycles. The van der Waals surface area contributed by atoms with Gasteiger partial charge in [0.1, 0.15) is 23.9 Å². The molecule has 7 nitrogen and oxygen atoms in total. The van der Waals surface area contributed by atoms with Gasteiger partial charge in [-0.05, 0) is 48.0 Å². The zero-order chi connectivity index (χ0) is 25.8. The van der Waals surface area contributed by atoms with E-state index in [0.29, 0.717) is 34.6 Å². The Balaban J connectivity index is 1.40. The fourth-order valence-corrected chi connectivity index (χ4v) is 3.51. The molecule has 0 unspecified atom stereocenters. The lowest BCUT2D eigenvalue weighted by Gasteiger charge is -2.13. The molecule has 0 fully saturated rings. The molecule has 0 spiro atoms. The van der Waals surface area contributed by atoms with E-state index in [1.807, 2.05) is 12.1 Å². The number of halogens is 3. The number of rotatable bonds is 5. The monoisotopic (exact) mass is 505 g/mol. The molecular formula is C27H18F3N3O4. The van der Waals surface area contributed by atoms with Crippen molar-refractivity contribution in [3.8, 4) is 40.5 Å². The Morgan fingerprint density at radius 1 is 1.05 bits per heavy atom. The minimum Gasteiger partial charge on any atom is -0.487 e. The molecule has 0 aliphatic carbocycles. The molecule has 0 saturated heterocycles. The minimum atomic E-state index is -4.57. The molecule has 0 bridgehead atoms. The van der Waals surface area contributed by atoms with E-state index in [0.717, 1.165) is 5.56 Å². The van der Waals surface area contributed by atoms with E-state index in [2.05, 4.69) is 27.1 Å². The molecule has 2 N–H and O–H groups in total. The number of nitrogens with one attached hydrogen (secondary N) is 2. The van der Waals surface area contributed by atoms with Crippen molar-refractivity contribution in [2.45, 2.75) is 12.8 Å². The van der Waals surface area contributed by atoms with Crippen LogP contribution in [0.15, 0.2) is 72.9 Å². The predicted octanol–water partition coefficient (Wildman–Crippen LogP) is 5.39. The fraction of sp³-hybridized carbons (Fsp3) is 0.111. The zero-order valence-electron chi connectivity index (χ0n) is 19.1. The first-order valence-corrected chi connectivity index (χ1v) is 11.0. The van der Waals surface area contributed by atoms with Crippen LogP contribution < -0.4 is 19.5 Å². The van der Waals surface area contributed by atoms with Crippen LogP contribution in [0.5, 0.6) is 17.2 Å². The van der Waals surface area contributed by atoms with Crippen molar-refractivity contribution in [3.63, 3.8) is 0 Å². The first-order chi connectivity index (χ1) is 17.8. The lowest BCUT2D eigenvalue weighted by molar-refractivity contribution is -0.140. The summed E-state index contributed by atoms with van der Waals surface area (Å²) in [5.41, 5.74) is 0.994. The van der Waals surface area contributed by atoms with Crippen LogP contribution in [0.4, 0.5) is 18.9 Å². The summed E-state index contributed by atoms with van der Waals surface area (Å²) >= 11 is 0. The summed E-state index contributed by atoms with van der Waals surface area (Å²) in [6.07, 6.45) is -3.86. The average molecular weight is 505 g/mol. The lowest BCUT2D eigenvalue weighted by Crippen LogP contribution is -2.10. The molecule has 1 aromatic heterocycles. The molecule has 186 valence electrons. The maximum absolute atomic E-state index is 13.0. The van der Waals surface area contributed by atoms with Crippen LogP contribution in [-0.2, 0) is 17.6 Å². The quantitative estimate of drug-likeness (QED) is 0.355. The number of aromatic nitrogens is 2. The molecule has 37 heavy (non-hydrogen) atoms. The van der Waals surface area contributed by atoms with E-state index in [-0.39, 0.29) is 24.9 Å². The lowest BCUT2D eigenvalue weighted by atomic mass is 10.1. The van der Waals surface area contributed by atoms with E-state index < -0.39 is 17.8 Å². The third-order valence-corrected chi connectivity index (χ3v) is 5.31. The number of hydrogen-bond acceptors (Lipinski definition) is 5. The number of alkyl halides is 3. The second kappa shape index (κ2) is 9.99. The van der Waals surface area contributed by atoms with Crippen LogP contribution in [0.1, 0.15) is 16.8 Å². The number of benzene rings is 3. The number of hydrogen-bond donors (Lipinski definition) is 2. The van der Waals surface area contributed by atoms with Gasteiger partial charge >= 0.3 is 12.1 Å². The summed E-state index contributed by atoms with van der Waals surface area (Å²) in [4.78, 5) is 18.7. The molecule has 0 saturated carbocycles. The van der Waals surface area contributed by atoms with Crippen molar-refractivity contribution in [2.24, 2.45) is 0 Å². The van der Waals surface area contributed by atoms with E-state index in [4.69, 9.17) is 14.2 Å². The molecule has 10 heteroatoms. The standard InChI is InChI=1S/C27H18F3N3O4/c28-27(29,30)24-14-31-26(33-24)19-8-10-21(35-15-18-6-9-22-23(12-18)37-16-36-22)20(13-19)32-25(34)11-7-17-4-2-1-3-5-17/h1-6,8-10,12-14H,15-16H2,(H,31,33)(H,32,34). The summed E-state index contributed by atoms with van der Waals surface area (Å²) in [6, 6.07) is 18.9. The number of carbonyl (C=O) groups excluding carboxylic acids is 1. The molecule has 0 atom stereocenters. The molecule has 1 amide bonds. The summed E-state index contributed by atoms with van der Waals surface area (Å²) in [5, 5.41) is 2.66. The Kier molecular flexibility index (Phi) is 6.43. The van der Waals surface area contributed by atoms with E-state index >= 15 is 0 Å². The maximum atomic E-state index is 13.0. The van der Waals surface area contributed by atoms with Crippen molar-refractivity contribution in [3.05, 3.63) is 89.7 Å². The Bertz CT molecular complexity index is 1500. The van der Waals surface area contributed by atoms with Gasteiger partial charge in [-0.2, -0.15) is 13.2 Å². The Labute approximate surface area is 209 Å². The van der Waals surface area contributed by atoms with E-state index in [1.165, 1.54) is 6.07 Å². The van der Waals surface area contributed by atoms with Gasteiger partial charge in [0.2, 0.25) is 6.79 Å². The normalized spacial score (nSPS) is 12.0. The van der Waals surface area contributed by atoms with Crippen LogP contribution in [0.3, 0.4) is 0 Å². The molecule has 4 aromatic rings. The third-order valence-electron chi connectivity index (χ3n) is 5.31. The molecule has 1 aliphatic heterocycles. The number of H-pyrrole nitrogens is 1. The largest absolute Gasteiger partial charge is 0.487 e. The highest BCUT2D eigenvalue weighted by molar-refractivity contribution is 6.05. The van der Waals surface area contributed by atoms with Gasteiger partial charge in [-0.3, -0.25) is 4.79 Å². The fourth-order valence-electron chi connectivity index (χ4n) is 3.51. The predicted molar refractivity (Wildman–Crippen MR) is 128 cm³/mol.